The average Bonchev–Trinajstić information content (AvgIpc) is 2.82. The maximum Gasteiger partial charge on any atom is 0.223 e. The van der Waals surface area contributed by atoms with Gasteiger partial charge in [-0.15, -0.1) is 0 Å². The summed E-state index contributed by atoms with van der Waals surface area (Å²) in [5.74, 6) is 0.326. The lowest BCUT2D eigenvalue weighted by Crippen LogP contribution is -2.41. The maximum atomic E-state index is 14.2. The van der Waals surface area contributed by atoms with Crippen LogP contribution >= 0.6 is 0 Å². The Morgan fingerprint density at radius 1 is 1.11 bits per heavy atom. The molecule has 7 heteroatoms. The van der Waals surface area contributed by atoms with Crippen molar-refractivity contribution in [3.8, 4) is 5.75 Å². The first-order valence-electron chi connectivity index (χ1n) is 13.4. The predicted molar refractivity (Wildman–Crippen MR) is 142 cm³/mol. The van der Waals surface area contributed by atoms with Gasteiger partial charge in [-0.2, -0.15) is 0 Å². The van der Waals surface area contributed by atoms with Gasteiger partial charge in [0.1, 0.15) is 0 Å². The largest absolute Gasteiger partial charge is 0.490 e. The van der Waals surface area contributed by atoms with Gasteiger partial charge in [-0.25, -0.2) is 4.39 Å². The topological polar surface area (TPSA) is 88.0 Å². The Kier molecular flexibility index (Phi) is 14.6. The smallest absolute Gasteiger partial charge is 0.223 e. The fraction of sp³-hybridized carbons (Fsp3) is 0.759. The van der Waals surface area contributed by atoms with Gasteiger partial charge >= 0.3 is 0 Å². The Bertz CT molecular complexity index is 768. The molecule has 0 aliphatic carbocycles. The molecule has 2 unspecified atom stereocenters. The third kappa shape index (κ3) is 12.0. The highest BCUT2D eigenvalue weighted by Crippen LogP contribution is 2.28. The zero-order valence-corrected chi connectivity index (χ0v) is 23.5. The van der Waals surface area contributed by atoms with Gasteiger partial charge in [0.2, 0.25) is 5.91 Å². The molecule has 0 aromatic heterocycles. The molecule has 0 spiro atoms. The lowest BCUT2D eigenvalue weighted by Gasteiger charge is -2.28. The first-order valence-corrected chi connectivity index (χ1v) is 13.4. The molecule has 0 bridgehead atoms. The summed E-state index contributed by atoms with van der Waals surface area (Å²) in [7, 11) is 1.63. The third-order valence-corrected chi connectivity index (χ3v) is 6.89. The van der Waals surface area contributed by atoms with Crippen LogP contribution in [-0.4, -0.2) is 55.7 Å². The number of aliphatic hydroxyl groups is 2. The highest BCUT2D eigenvalue weighted by molar-refractivity contribution is 5.78. The second kappa shape index (κ2) is 16.2. The van der Waals surface area contributed by atoms with Gasteiger partial charge in [-0.3, -0.25) is 4.79 Å². The van der Waals surface area contributed by atoms with Crippen LogP contribution in [0.4, 0.5) is 4.39 Å². The average molecular weight is 512 g/mol. The van der Waals surface area contributed by atoms with Crippen molar-refractivity contribution in [2.24, 2.45) is 29.1 Å². The number of ether oxygens (including phenoxy) is 2. The Morgan fingerprint density at radius 3 is 2.39 bits per heavy atom. The van der Waals surface area contributed by atoms with E-state index >= 15 is 0 Å². The number of rotatable bonds is 18. The van der Waals surface area contributed by atoms with Gasteiger partial charge in [0.15, 0.2) is 11.6 Å². The van der Waals surface area contributed by atoms with Crippen molar-refractivity contribution in [2.75, 3.05) is 33.5 Å². The number of halogens is 1. The third-order valence-electron chi connectivity index (χ3n) is 6.89. The number of carbonyl (C=O) groups excluding carboxylic acids is 1. The van der Waals surface area contributed by atoms with E-state index in [0.717, 1.165) is 18.4 Å². The quantitative estimate of drug-likeness (QED) is 0.242. The van der Waals surface area contributed by atoms with E-state index < -0.39 is 6.10 Å². The van der Waals surface area contributed by atoms with Crippen LogP contribution < -0.4 is 10.1 Å². The van der Waals surface area contributed by atoms with Gasteiger partial charge in [-0.05, 0) is 61.1 Å². The molecule has 208 valence electrons. The second-order valence-corrected chi connectivity index (χ2v) is 11.5. The summed E-state index contributed by atoms with van der Waals surface area (Å²) in [4.78, 5) is 12.8. The van der Waals surface area contributed by atoms with Crippen molar-refractivity contribution in [3.05, 3.63) is 29.6 Å². The molecule has 0 aliphatic rings. The Morgan fingerprint density at radius 2 is 1.81 bits per heavy atom. The van der Waals surface area contributed by atoms with Crippen LogP contribution in [0.1, 0.15) is 72.8 Å². The van der Waals surface area contributed by atoms with Gasteiger partial charge in [0.25, 0.3) is 0 Å². The zero-order valence-electron chi connectivity index (χ0n) is 23.5. The van der Waals surface area contributed by atoms with E-state index in [1.807, 2.05) is 27.7 Å². The number of aliphatic hydroxyl groups excluding tert-OH is 2. The predicted octanol–water partition coefficient (Wildman–Crippen LogP) is 4.99. The van der Waals surface area contributed by atoms with Crippen molar-refractivity contribution in [1.29, 1.82) is 0 Å². The van der Waals surface area contributed by atoms with Crippen molar-refractivity contribution >= 4 is 5.91 Å². The fourth-order valence-electron chi connectivity index (χ4n) is 4.16. The van der Waals surface area contributed by atoms with Gasteiger partial charge in [-0.1, -0.05) is 47.6 Å². The van der Waals surface area contributed by atoms with Gasteiger partial charge in [0.05, 0.1) is 12.7 Å². The standard InChI is InChI=1S/C29H50FNO5/c1-20(2)23(15-22-9-12-26(30)27(16-22)36-14-8-13-35-7)10-11-24(33)17-25(21(3)4)28(34)31-18-29(5,6)19-32/h9,12,16,20-21,23-25,32-33H,8,10-11,13-15,17-19H2,1-7H3,(H,31,34)/t23?,24-,25?/m1/s1. The number of benzene rings is 1. The number of hydrogen-bond donors (Lipinski definition) is 3. The van der Waals surface area contributed by atoms with Gasteiger partial charge in [0, 0.05) is 44.6 Å². The van der Waals surface area contributed by atoms with Crippen LogP contribution in [0.2, 0.25) is 0 Å². The van der Waals surface area contributed by atoms with Crippen LogP contribution in [0.3, 0.4) is 0 Å². The Balaban J connectivity index is 2.70. The van der Waals surface area contributed by atoms with E-state index in [2.05, 4.69) is 19.2 Å². The minimum absolute atomic E-state index is 0.00562. The molecule has 0 saturated heterocycles. The Labute approximate surface area is 218 Å². The molecule has 3 N–H and O–H groups in total. The summed E-state index contributed by atoms with van der Waals surface area (Å²) >= 11 is 0. The van der Waals surface area contributed by atoms with E-state index in [0.29, 0.717) is 50.9 Å². The number of hydrogen-bond acceptors (Lipinski definition) is 5. The molecule has 1 aromatic rings. The fourth-order valence-corrected chi connectivity index (χ4v) is 4.16. The first-order chi connectivity index (χ1) is 16.9. The molecule has 36 heavy (non-hydrogen) atoms. The molecular weight excluding hydrogens is 461 g/mol. The van der Waals surface area contributed by atoms with Crippen LogP contribution in [0, 0.1) is 34.9 Å². The zero-order chi connectivity index (χ0) is 27.3. The van der Waals surface area contributed by atoms with Crippen molar-refractivity contribution in [1.82, 2.24) is 5.32 Å². The van der Waals surface area contributed by atoms with E-state index in [1.165, 1.54) is 6.07 Å². The summed E-state index contributed by atoms with van der Waals surface area (Å²) in [5, 5.41) is 23.2. The lowest BCUT2D eigenvalue weighted by atomic mass is 9.82. The van der Waals surface area contributed by atoms with Crippen LogP contribution in [0.5, 0.6) is 5.75 Å². The first kappa shape index (κ1) is 32.3. The molecule has 0 saturated carbocycles. The number of methoxy groups -OCH3 is 1. The highest BCUT2D eigenvalue weighted by Gasteiger charge is 2.27. The van der Waals surface area contributed by atoms with E-state index in [4.69, 9.17) is 9.47 Å². The maximum absolute atomic E-state index is 14.2. The molecule has 1 rings (SSSR count). The minimum Gasteiger partial charge on any atom is -0.490 e. The van der Waals surface area contributed by atoms with Crippen molar-refractivity contribution < 1.29 is 28.9 Å². The summed E-state index contributed by atoms with van der Waals surface area (Å²) in [6.07, 6.45) is 2.70. The van der Waals surface area contributed by atoms with Gasteiger partial charge < -0.3 is 25.0 Å². The molecule has 0 fully saturated rings. The molecule has 1 amide bonds. The summed E-state index contributed by atoms with van der Waals surface area (Å²) in [6, 6.07) is 5.04. The number of amides is 1. The normalized spacial score (nSPS) is 14.7. The summed E-state index contributed by atoms with van der Waals surface area (Å²) in [6.45, 7) is 13.5. The van der Waals surface area contributed by atoms with E-state index in [-0.39, 0.29) is 41.3 Å². The van der Waals surface area contributed by atoms with Crippen LogP contribution in [0.15, 0.2) is 18.2 Å². The Hall–Kier alpha value is -1.70. The molecule has 0 radical (unpaired) electrons. The highest BCUT2D eigenvalue weighted by atomic mass is 19.1. The molecule has 1 aromatic carbocycles. The monoisotopic (exact) mass is 511 g/mol. The SMILES string of the molecule is COCCCOc1cc(CC(CC[C@@H](O)CC(C(=O)NCC(C)(C)CO)C(C)C)C(C)C)ccc1F. The van der Waals surface area contributed by atoms with Crippen LogP contribution in [0.25, 0.3) is 0 Å². The summed E-state index contributed by atoms with van der Waals surface area (Å²) in [5.41, 5.74) is 0.632. The molecule has 0 heterocycles. The molecule has 0 aliphatic heterocycles. The summed E-state index contributed by atoms with van der Waals surface area (Å²) < 4.78 is 24.8. The molecular formula is C29H50FNO5. The van der Waals surface area contributed by atoms with E-state index in [9.17, 15) is 19.4 Å². The number of carbonyl (C=O) groups is 1. The molecule has 3 atom stereocenters. The lowest BCUT2D eigenvalue weighted by molar-refractivity contribution is -0.128. The number of nitrogens with one attached hydrogen (secondary N) is 1. The van der Waals surface area contributed by atoms with Crippen molar-refractivity contribution in [2.45, 2.75) is 79.8 Å². The second-order valence-electron chi connectivity index (χ2n) is 11.5. The van der Waals surface area contributed by atoms with Crippen LogP contribution in [-0.2, 0) is 16.0 Å². The molecule has 6 nitrogen and oxygen atoms in total. The van der Waals surface area contributed by atoms with Crippen molar-refractivity contribution in [3.63, 3.8) is 0 Å². The minimum atomic E-state index is -0.580. The van der Waals surface area contributed by atoms with E-state index in [1.54, 1.807) is 19.2 Å².